The normalized spacial score (nSPS) is 12.1. The first-order valence-corrected chi connectivity index (χ1v) is 11.7. The fourth-order valence-electron chi connectivity index (χ4n) is 3.54. The minimum absolute atomic E-state index is 0.0543. The molecule has 0 aliphatic rings. The zero-order valence-corrected chi connectivity index (χ0v) is 20.8. The number of imidazole rings is 1. The summed E-state index contributed by atoms with van der Waals surface area (Å²) in [6.07, 6.45) is 2.00. The lowest BCUT2D eigenvalue weighted by atomic mass is 9.96. The summed E-state index contributed by atoms with van der Waals surface area (Å²) < 4.78 is 13.8. The van der Waals surface area contributed by atoms with Crippen LogP contribution in [0.5, 0.6) is 0 Å². The molecule has 3 aromatic rings. The Hall–Kier alpha value is -3.24. The van der Waals surface area contributed by atoms with Gasteiger partial charge in [0.2, 0.25) is 0 Å². The number of aromatic amines is 1. The smallest absolute Gasteiger partial charge is 0.330 e. The van der Waals surface area contributed by atoms with Crippen molar-refractivity contribution in [1.29, 1.82) is 0 Å². The number of esters is 1. The molecule has 0 aliphatic carbocycles. The molecule has 0 aromatic carbocycles. The Balaban J connectivity index is 1.79. The van der Waals surface area contributed by atoms with Crippen molar-refractivity contribution in [3.63, 3.8) is 0 Å². The maximum absolute atomic E-state index is 12.7. The fourth-order valence-corrected chi connectivity index (χ4v) is 3.54. The molecule has 1 N–H and O–H groups in total. The number of fused-ring (bicyclic) bond motifs is 1. The van der Waals surface area contributed by atoms with Crippen molar-refractivity contribution in [3.05, 3.63) is 38.4 Å². The Kier molecular flexibility index (Phi) is 7.73. The third-order valence-electron chi connectivity index (χ3n) is 5.30. The average Bonchev–Trinajstić information content (AvgIpc) is 3.36. The highest BCUT2D eigenvalue weighted by molar-refractivity contribution is 5.72. The summed E-state index contributed by atoms with van der Waals surface area (Å²) in [5.74, 6) is 1.12. The van der Waals surface area contributed by atoms with Crippen molar-refractivity contribution in [2.75, 3.05) is 0 Å². The molecule has 3 heterocycles. The Morgan fingerprint density at radius 2 is 1.91 bits per heavy atom. The molecule has 0 saturated carbocycles. The van der Waals surface area contributed by atoms with Gasteiger partial charge in [-0.3, -0.25) is 19.1 Å². The molecule has 34 heavy (non-hydrogen) atoms. The highest BCUT2D eigenvalue weighted by Crippen LogP contribution is 2.19. The van der Waals surface area contributed by atoms with E-state index in [1.807, 2.05) is 46.1 Å². The third kappa shape index (κ3) is 5.81. The van der Waals surface area contributed by atoms with Gasteiger partial charge in [-0.2, -0.15) is 4.98 Å². The van der Waals surface area contributed by atoms with Crippen molar-refractivity contribution < 1.29 is 14.1 Å². The van der Waals surface area contributed by atoms with Gasteiger partial charge in [0.05, 0.1) is 6.42 Å². The van der Waals surface area contributed by atoms with Crippen molar-refractivity contribution in [1.82, 2.24) is 29.2 Å². The lowest BCUT2D eigenvalue weighted by molar-refractivity contribution is -0.145. The molecule has 0 fully saturated rings. The van der Waals surface area contributed by atoms with E-state index in [9.17, 15) is 14.4 Å². The highest BCUT2D eigenvalue weighted by atomic mass is 16.6. The number of nitrogens with zero attached hydrogens (tertiary/aromatic N) is 5. The van der Waals surface area contributed by atoms with Crippen LogP contribution in [0.1, 0.15) is 78.3 Å². The first kappa shape index (κ1) is 25.4. The second-order valence-corrected chi connectivity index (χ2v) is 9.89. The molecule has 11 heteroatoms. The van der Waals surface area contributed by atoms with Gasteiger partial charge in [0.25, 0.3) is 11.4 Å². The van der Waals surface area contributed by atoms with Gasteiger partial charge in [-0.15, -0.1) is 0 Å². The van der Waals surface area contributed by atoms with Crippen LogP contribution in [0, 0.1) is 5.92 Å². The molecule has 186 valence electrons. The van der Waals surface area contributed by atoms with Gasteiger partial charge in [-0.25, -0.2) is 9.78 Å². The molecule has 0 amide bonds. The van der Waals surface area contributed by atoms with Gasteiger partial charge in [-0.1, -0.05) is 53.1 Å². The highest BCUT2D eigenvalue weighted by Gasteiger charge is 2.22. The predicted octanol–water partition coefficient (Wildman–Crippen LogP) is 2.70. The lowest BCUT2D eigenvalue weighted by Crippen LogP contribution is -2.31. The van der Waals surface area contributed by atoms with Crippen LogP contribution >= 0.6 is 0 Å². The third-order valence-corrected chi connectivity index (χ3v) is 5.30. The van der Waals surface area contributed by atoms with Crippen molar-refractivity contribution >= 4 is 17.1 Å². The number of hydrogen-bond acceptors (Lipinski definition) is 8. The van der Waals surface area contributed by atoms with E-state index in [-0.39, 0.29) is 36.7 Å². The number of nitrogens with one attached hydrogen (secondary N) is 1. The van der Waals surface area contributed by atoms with Gasteiger partial charge in [0.1, 0.15) is 5.82 Å². The number of carbonyl (C=O) groups is 1. The summed E-state index contributed by atoms with van der Waals surface area (Å²) >= 11 is 0. The monoisotopic (exact) mass is 474 g/mol. The van der Waals surface area contributed by atoms with Crippen molar-refractivity contribution in [2.24, 2.45) is 5.92 Å². The van der Waals surface area contributed by atoms with Crippen LogP contribution in [0.15, 0.2) is 14.1 Å². The minimum atomic E-state index is -0.472. The van der Waals surface area contributed by atoms with Crippen molar-refractivity contribution in [2.45, 2.75) is 92.3 Å². The van der Waals surface area contributed by atoms with Gasteiger partial charge >= 0.3 is 11.7 Å². The molecule has 0 bridgehead atoms. The molecule has 0 spiro atoms. The van der Waals surface area contributed by atoms with E-state index >= 15 is 0 Å². The number of carbonyl (C=O) groups excluding carboxylic acids is 1. The zero-order chi connectivity index (χ0) is 25.0. The van der Waals surface area contributed by atoms with Gasteiger partial charge in [0, 0.05) is 24.9 Å². The Bertz CT molecular complexity index is 1260. The topological polar surface area (TPSA) is 138 Å². The molecule has 0 saturated heterocycles. The second-order valence-electron chi connectivity index (χ2n) is 9.89. The first-order chi connectivity index (χ1) is 16.0. The van der Waals surface area contributed by atoms with Crippen LogP contribution in [-0.2, 0) is 41.1 Å². The van der Waals surface area contributed by atoms with Crippen LogP contribution in [0.25, 0.3) is 11.2 Å². The standard InChI is InChI=1S/C23H34N6O5/c1-7-8-11-28-19-18(20(31)26-22(28)32)29(12-14(2)3)15(24-19)9-10-17(30)33-13-16-25-21(27-34-16)23(4,5)6/h14H,7-13H2,1-6H3,(H,26,31,32). The van der Waals surface area contributed by atoms with Crippen molar-refractivity contribution in [3.8, 4) is 0 Å². The SMILES string of the molecule is CCCCn1c(=O)[nH]c(=O)c2c1nc(CCC(=O)OCc1nc(C(C)(C)C)no1)n2CC(C)C. The predicted molar refractivity (Wildman–Crippen MR) is 125 cm³/mol. The molecule has 0 unspecified atom stereocenters. The molecule has 0 atom stereocenters. The summed E-state index contributed by atoms with van der Waals surface area (Å²) in [7, 11) is 0. The van der Waals surface area contributed by atoms with Crippen LogP contribution in [0.2, 0.25) is 0 Å². The summed E-state index contributed by atoms with van der Waals surface area (Å²) in [6, 6.07) is 0. The van der Waals surface area contributed by atoms with Crippen LogP contribution in [0.3, 0.4) is 0 Å². The number of rotatable bonds is 10. The van der Waals surface area contributed by atoms with E-state index in [4.69, 9.17) is 9.26 Å². The molecular formula is C23H34N6O5. The fraction of sp³-hybridized carbons (Fsp3) is 0.652. The summed E-state index contributed by atoms with van der Waals surface area (Å²) in [5.41, 5.74) is -0.502. The Morgan fingerprint density at radius 1 is 1.18 bits per heavy atom. The van der Waals surface area contributed by atoms with E-state index in [0.717, 1.165) is 12.8 Å². The van der Waals surface area contributed by atoms with E-state index < -0.39 is 17.2 Å². The number of H-pyrrole nitrogens is 1. The second kappa shape index (κ2) is 10.4. The summed E-state index contributed by atoms with van der Waals surface area (Å²) in [6.45, 7) is 12.9. The van der Waals surface area contributed by atoms with Crippen LogP contribution in [0.4, 0.5) is 0 Å². The van der Waals surface area contributed by atoms with Gasteiger partial charge in [0.15, 0.2) is 23.6 Å². The molecule has 3 aromatic heterocycles. The Morgan fingerprint density at radius 3 is 2.53 bits per heavy atom. The van der Waals surface area contributed by atoms with E-state index in [1.54, 1.807) is 0 Å². The number of aromatic nitrogens is 6. The average molecular weight is 475 g/mol. The molecular weight excluding hydrogens is 440 g/mol. The molecule has 3 rings (SSSR count). The first-order valence-electron chi connectivity index (χ1n) is 11.7. The van der Waals surface area contributed by atoms with Gasteiger partial charge < -0.3 is 13.8 Å². The van der Waals surface area contributed by atoms with Gasteiger partial charge in [-0.05, 0) is 12.3 Å². The molecule has 0 aliphatic heterocycles. The lowest BCUT2D eigenvalue weighted by Gasteiger charge is -2.11. The number of unbranched alkanes of at least 4 members (excludes halogenated alkanes) is 1. The van der Waals surface area contributed by atoms with Crippen LogP contribution in [-0.4, -0.2) is 35.2 Å². The van der Waals surface area contributed by atoms with E-state index in [1.165, 1.54) is 4.57 Å². The molecule has 0 radical (unpaired) electrons. The van der Waals surface area contributed by atoms with E-state index in [0.29, 0.717) is 35.9 Å². The minimum Gasteiger partial charge on any atom is -0.456 e. The maximum atomic E-state index is 12.7. The summed E-state index contributed by atoms with van der Waals surface area (Å²) in [4.78, 5) is 48.8. The number of aryl methyl sites for hydroxylation is 2. The van der Waals surface area contributed by atoms with Crippen LogP contribution < -0.4 is 11.2 Å². The molecule has 11 nitrogen and oxygen atoms in total. The number of hydrogen-bond donors (Lipinski definition) is 1. The van der Waals surface area contributed by atoms with E-state index in [2.05, 4.69) is 20.1 Å². The largest absolute Gasteiger partial charge is 0.456 e. The summed E-state index contributed by atoms with van der Waals surface area (Å²) in [5, 5.41) is 3.92. The maximum Gasteiger partial charge on any atom is 0.330 e. The number of ether oxygens (including phenoxy) is 1. The quantitative estimate of drug-likeness (QED) is 0.443. The Labute approximate surface area is 197 Å². The zero-order valence-electron chi connectivity index (χ0n) is 20.8.